The summed E-state index contributed by atoms with van der Waals surface area (Å²) in [5.74, 6) is -0.922. The molecule has 0 aromatic heterocycles. The molecule has 4 aliphatic rings. The summed E-state index contributed by atoms with van der Waals surface area (Å²) in [5, 5.41) is 20.3. The van der Waals surface area contributed by atoms with Gasteiger partial charge in [-0.1, -0.05) is 43.2 Å². The molecule has 10 nitrogen and oxygen atoms in total. The number of aliphatic hydroxyl groups is 1. The topological polar surface area (TPSA) is 131 Å². The number of carbonyl (C=O) groups is 4. The summed E-state index contributed by atoms with van der Waals surface area (Å²) < 4.78 is 0. The lowest BCUT2D eigenvalue weighted by Crippen LogP contribution is -2.51. The Bertz CT molecular complexity index is 1090. The highest BCUT2D eigenvalue weighted by atomic mass is 16.3. The standard InChI is InChI=1S/C31H45N5O5/c1-20-27(37)16-29(39)35-12-11-22(13-28(38)32-17-21-7-3-2-4-8-21)23(18-35)14-30(40)36-19-25(15-26(36)31(41)33-20)34-24-9-5-6-10-24/h2-4,7-8,20,22-27,34,37H,5-6,9-19H2,1H3,(H,32,38)(H,33,41)/t20-,22-,23-,25-,26-,27-/m0/s1. The molecule has 5 rings (SSSR count). The number of rotatable bonds is 6. The third-order valence-electron chi connectivity index (χ3n) is 9.54. The second kappa shape index (κ2) is 13.3. The molecule has 10 heteroatoms. The van der Waals surface area contributed by atoms with Crippen LogP contribution in [0.4, 0.5) is 0 Å². The van der Waals surface area contributed by atoms with Crippen LogP contribution in [-0.4, -0.2) is 88.4 Å². The zero-order chi connectivity index (χ0) is 28.9. The normalized spacial score (nSPS) is 31.6. The highest BCUT2D eigenvalue weighted by molar-refractivity contribution is 5.89. The zero-order valence-corrected chi connectivity index (χ0v) is 24.1. The van der Waals surface area contributed by atoms with Gasteiger partial charge in [-0.2, -0.15) is 0 Å². The largest absolute Gasteiger partial charge is 0.390 e. The molecule has 3 heterocycles. The van der Waals surface area contributed by atoms with E-state index in [4.69, 9.17) is 0 Å². The summed E-state index contributed by atoms with van der Waals surface area (Å²) in [6, 6.07) is 8.94. The van der Waals surface area contributed by atoms with Crippen LogP contribution in [0.15, 0.2) is 30.3 Å². The maximum atomic E-state index is 13.9. The van der Waals surface area contributed by atoms with Gasteiger partial charge >= 0.3 is 0 Å². The molecular formula is C31H45N5O5. The smallest absolute Gasteiger partial charge is 0.243 e. The molecule has 41 heavy (non-hydrogen) atoms. The van der Waals surface area contributed by atoms with Crippen molar-refractivity contribution >= 4 is 23.6 Å². The van der Waals surface area contributed by atoms with Crippen LogP contribution in [0.5, 0.6) is 0 Å². The molecule has 0 radical (unpaired) electrons. The molecule has 4 fully saturated rings. The summed E-state index contributed by atoms with van der Waals surface area (Å²) >= 11 is 0. The van der Waals surface area contributed by atoms with Gasteiger partial charge in [0, 0.05) is 51.1 Å². The Hall–Kier alpha value is -2.98. The van der Waals surface area contributed by atoms with E-state index >= 15 is 0 Å². The van der Waals surface area contributed by atoms with Crippen molar-refractivity contribution in [3.63, 3.8) is 0 Å². The molecule has 4 N–H and O–H groups in total. The fourth-order valence-corrected chi connectivity index (χ4v) is 7.06. The number of hydrogen-bond donors (Lipinski definition) is 4. The predicted molar refractivity (Wildman–Crippen MR) is 153 cm³/mol. The van der Waals surface area contributed by atoms with E-state index in [1.54, 1.807) is 16.7 Å². The third kappa shape index (κ3) is 7.46. The highest BCUT2D eigenvalue weighted by Crippen LogP contribution is 2.32. The summed E-state index contributed by atoms with van der Waals surface area (Å²) in [6.07, 6.45) is 5.11. The summed E-state index contributed by atoms with van der Waals surface area (Å²) in [5.41, 5.74) is 1.02. The average Bonchev–Trinajstić information content (AvgIpc) is 3.63. The van der Waals surface area contributed by atoms with Gasteiger partial charge in [0.15, 0.2) is 0 Å². The number of amides is 4. The molecule has 6 atom stereocenters. The van der Waals surface area contributed by atoms with Crippen LogP contribution in [0.2, 0.25) is 0 Å². The van der Waals surface area contributed by atoms with Gasteiger partial charge in [-0.15, -0.1) is 0 Å². The van der Waals surface area contributed by atoms with Crippen LogP contribution >= 0.6 is 0 Å². The van der Waals surface area contributed by atoms with E-state index in [1.807, 2.05) is 30.3 Å². The number of aliphatic hydroxyl groups excluding tert-OH is 1. The summed E-state index contributed by atoms with van der Waals surface area (Å²) in [4.78, 5) is 56.7. The molecule has 0 unspecified atom stereocenters. The summed E-state index contributed by atoms with van der Waals surface area (Å²) in [6.45, 7) is 3.45. The zero-order valence-electron chi connectivity index (χ0n) is 24.1. The fourth-order valence-electron chi connectivity index (χ4n) is 7.06. The predicted octanol–water partition coefficient (Wildman–Crippen LogP) is 1.32. The number of nitrogens with zero attached hydrogens (tertiary/aromatic N) is 2. The second-order valence-corrected chi connectivity index (χ2v) is 12.5. The van der Waals surface area contributed by atoms with Gasteiger partial charge in [-0.25, -0.2) is 0 Å². The first-order chi connectivity index (χ1) is 19.8. The second-order valence-electron chi connectivity index (χ2n) is 12.5. The van der Waals surface area contributed by atoms with E-state index in [0.717, 1.165) is 18.4 Å². The van der Waals surface area contributed by atoms with E-state index in [9.17, 15) is 24.3 Å². The van der Waals surface area contributed by atoms with Crippen LogP contribution in [0.25, 0.3) is 0 Å². The highest BCUT2D eigenvalue weighted by Gasteiger charge is 2.43. The molecule has 1 aliphatic carbocycles. The van der Waals surface area contributed by atoms with Gasteiger partial charge in [0.25, 0.3) is 0 Å². The van der Waals surface area contributed by atoms with Gasteiger partial charge in [-0.3, -0.25) is 19.2 Å². The van der Waals surface area contributed by atoms with Crippen LogP contribution < -0.4 is 16.0 Å². The van der Waals surface area contributed by atoms with Gasteiger partial charge in [-0.05, 0) is 50.0 Å². The Labute approximate surface area is 242 Å². The SMILES string of the molecule is C[C@@H]1NC(=O)[C@@H]2C[C@H](NC3CCCC3)CN2C(=O)C[C@H]2CN(CC[C@H]2CC(=O)NCc2ccccc2)C(=O)C[C@@H]1O. The van der Waals surface area contributed by atoms with Crippen molar-refractivity contribution in [1.82, 2.24) is 25.8 Å². The minimum Gasteiger partial charge on any atom is -0.390 e. The fraction of sp³-hybridized carbons (Fsp3) is 0.677. The van der Waals surface area contributed by atoms with Gasteiger partial charge in [0.05, 0.1) is 18.6 Å². The van der Waals surface area contributed by atoms with Gasteiger partial charge in [0.1, 0.15) is 6.04 Å². The molecule has 3 aliphatic heterocycles. The number of benzene rings is 1. The van der Waals surface area contributed by atoms with Gasteiger partial charge in [0.2, 0.25) is 23.6 Å². The quantitative estimate of drug-likeness (QED) is 0.410. The summed E-state index contributed by atoms with van der Waals surface area (Å²) in [7, 11) is 0. The first kappa shape index (κ1) is 29.5. The van der Waals surface area contributed by atoms with Crippen LogP contribution in [0.1, 0.15) is 70.3 Å². The van der Waals surface area contributed by atoms with Crippen LogP contribution in [0.3, 0.4) is 0 Å². The molecule has 1 aromatic rings. The first-order valence-electron chi connectivity index (χ1n) is 15.4. The molecule has 1 aromatic carbocycles. The van der Waals surface area contributed by atoms with E-state index in [1.165, 1.54) is 12.8 Å². The average molecular weight is 568 g/mol. The molecule has 1 saturated carbocycles. The van der Waals surface area contributed by atoms with E-state index in [2.05, 4.69) is 16.0 Å². The van der Waals surface area contributed by atoms with E-state index in [0.29, 0.717) is 45.1 Å². The molecular weight excluding hydrogens is 522 g/mol. The van der Waals surface area contributed by atoms with Crippen LogP contribution in [0, 0.1) is 11.8 Å². The van der Waals surface area contributed by atoms with Crippen molar-refractivity contribution in [1.29, 1.82) is 0 Å². The van der Waals surface area contributed by atoms with Crippen LogP contribution in [-0.2, 0) is 25.7 Å². The number of fused-ring (bicyclic) bond motifs is 3. The van der Waals surface area contributed by atoms with E-state index < -0.39 is 18.2 Å². The van der Waals surface area contributed by atoms with Crippen molar-refractivity contribution in [2.45, 2.75) is 102 Å². The first-order valence-corrected chi connectivity index (χ1v) is 15.4. The monoisotopic (exact) mass is 567 g/mol. The van der Waals surface area contributed by atoms with Crippen molar-refractivity contribution < 1.29 is 24.3 Å². The minimum absolute atomic E-state index is 0.0370. The maximum absolute atomic E-state index is 13.9. The molecule has 3 saturated heterocycles. The number of piperidine rings is 1. The third-order valence-corrected chi connectivity index (χ3v) is 9.54. The Morgan fingerprint density at radius 2 is 1.76 bits per heavy atom. The van der Waals surface area contributed by atoms with Crippen molar-refractivity contribution in [2.24, 2.45) is 11.8 Å². The van der Waals surface area contributed by atoms with Crippen molar-refractivity contribution in [2.75, 3.05) is 19.6 Å². The Morgan fingerprint density at radius 3 is 2.51 bits per heavy atom. The van der Waals surface area contributed by atoms with Gasteiger partial charge < -0.3 is 30.9 Å². The lowest BCUT2D eigenvalue weighted by Gasteiger charge is -2.39. The Balaban J connectivity index is 1.31. The maximum Gasteiger partial charge on any atom is 0.243 e. The lowest BCUT2D eigenvalue weighted by atomic mass is 9.80. The molecule has 2 bridgehead atoms. The Kier molecular flexibility index (Phi) is 9.60. The number of hydrogen-bond acceptors (Lipinski definition) is 6. The van der Waals surface area contributed by atoms with Crippen molar-refractivity contribution in [3.05, 3.63) is 35.9 Å². The number of nitrogens with one attached hydrogen (secondary N) is 3. The molecule has 224 valence electrons. The molecule has 4 amide bonds. The number of carbonyl (C=O) groups excluding carboxylic acids is 4. The minimum atomic E-state index is -1.02. The van der Waals surface area contributed by atoms with E-state index in [-0.39, 0.29) is 60.8 Å². The molecule has 0 spiro atoms. The van der Waals surface area contributed by atoms with Crippen molar-refractivity contribution in [3.8, 4) is 0 Å². The lowest BCUT2D eigenvalue weighted by molar-refractivity contribution is -0.141. The Morgan fingerprint density at radius 1 is 1.00 bits per heavy atom.